The van der Waals surface area contributed by atoms with Crippen LogP contribution in [0.15, 0.2) is 0 Å². The summed E-state index contributed by atoms with van der Waals surface area (Å²) < 4.78 is 50.0. The molecule has 0 aromatic rings. The molecule has 0 radical (unpaired) electrons. The molecule has 0 spiro atoms. The predicted molar refractivity (Wildman–Crippen MR) is 31.7 cm³/mol. The van der Waals surface area contributed by atoms with Crippen LogP contribution in [0.5, 0.6) is 0 Å². The molecule has 1 nitrogen and oxygen atoms in total. The summed E-state index contributed by atoms with van der Waals surface area (Å²) in [4.78, 5) is 0. The Balaban J connectivity index is 3.61. The van der Waals surface area contributed by atoms with Gasteiger partial charge in [0.2, 0.25) is 0 Å². The van der Waals surface area contributed by atoms with E-state index in [4.69, 9.17) is 0 Å². The zero-order valence-electron chi connectivity index (χ0n) is 6.28. The molecule has 0 rings (SSSR count). The van der Waals surface area contributed by atoms with Crippen LogP contribution < -0.4 is 0 Å². The second-order valence-electron chi connectivity index (χ2n) is 2.58. The number of alkyl halides is 4. The molecule has 1 unspecified atom stereocenters. The van der Waals surface area contributed by atoms with Crippen molar-refractivity contribution >= 4 is 0 Å². The van der Waals surface area contributed by atoms with Crippen molar-refractivity contribution < 1.29 is 22.3 Å². The first-order valence-electron chi connectivity index (χ1n) is 3.16. The van der Waals surface area contributed by atoms with Gasteiger partial charge in [-0.15, -0.1) is 0 Å². The van der Waals surface area contributed by atoms with E-state index in [0.29, 0.717) is 0 Å². The monoisotopic (exact) mass is 174 g/mol. The van der Waals surface area contributed by atoms with Gasteiger partial charge in [-0.05, 0) is 5.92 Å². The number of hydrogen-bond acceptors (Lipinski definition) is 1. The van der Waals surface area contributed by atoms with Gasteiger partial charge in [0, 0.05) is 0 Å². The number of hydrogen-bond donors (Lipinski definition) is 0. The second kappa shape index (κ2) is 3.90. The average Bonchev–Trinajstić information content (AvgIpc) is 1.80. The van der Waals surface area contributed by atoms with E-state index in [1.165, 1.54) is 0 Å². The van der Waals surface area contributed by atoms with Gasteiger partial charge in [0.25, 0.3) is 6.36 Å². The van der Waals surface area contributed by atoms with Crippen molar-refractivity contribution in [2.24, 2.45) is 5.92 Å². The lowest BCUT2D eigenvalue weighted by Crippen LogP contribution is -2.28. The maximum atomic E-state index is 11.9. The molecule has 0 aliphatic carbocycles. The standard InChI is InChI=1S/C6H10F4O/c1-4(2)3-11-5(7)6(8,9)10/h4-5H,3H2,1-2H3. The van der Waals surface area contributed by atoms with Gasteiger partial charge in [0.1, 0.15) is 0 Å². The van der Waals surface area contributed by atoms with Gasteiger partial charge >= 0.3 is 6.18 Å². The molecular weight excluding hydrogens is 164 g/mol. The molecule has 68 valence electrons. The Morgan fingerprint density at radius 2 is 1.73 bits per heavy atom. The van der Waals surface area contributed by atoms with Crippen LogP contribution >= 0.6 is 0 Å². The highest BCUT2D eigenvalue weighted by Gasteiger charge is 2.41. The Morgan fingerprint density at radius 3 is 2.00 bits per heavy atom. The normalized spacial score (nSPS) is 15.5. The van der Waals surface area contributed by atoms with Gasteiger partial charge in [-0.25, -0.2) is 4.39 Å². The van der Waals surface area contributed by atoms with Crippen LogP contribution in [0.2, 0.25) is 0 Å². The van der Waals surface area contributed by atoms with E-state index < -0.39 is 12.5 Å². The van der Waals surface area contributed by atoms with E-state index in [2.05, 4.69) is 4.74 Å². The first kappa shape index (κ1) is 10.7. The minimum Gasteiger partial charge on any atom is -0.341 e. The van der Waals surface area contributed by atoms with Crippen LogP contribution in [0.3, 0.4) is 0 Å². The van der Waals surface area contributed by atoms with Gasteiger partial charge in [0.05, 0.1) is 6.61 Å². The van der Waals surface area contributed by atoms with Gasteiger partial charge in [-0.2, -0.15) is 13.2 Å². The van der Waals surface area contributed by atoms with Crippen LogP contribution in [-0.4, -0.2) is 19.1 Å². The van der Waals surface area contributed by atoms with Crippen LogP contribution in [0.4, 0.5) is 17.6 Å². The van der Waals surface area contributed by atoms with Crippen LogP contribution in [-0.2, 0) is 4.74 Å². The quantitative estimate of drug-likeness (QED) is 0.597. The molecule has 0 saturated heterocycles. The predicted octanol–water partition coefficient (Wildman–Crippen LogP) is 2.52. The zero-order valence-corrected chi connectivity index (χ0v) is 6.28. The Morgan fingerprint density at radius 1 is 1.27 bits per heavy atom. The SMILES string of the molecule is CC(C)COC(F)C(F)(F)F. The highest BCUT2D eigenvalue weighted by atomic mass is 19.4. The van der Waals surface area contributed by atoms with Gasteiger partial charge in [-0.1, -0.05) is 13.8 Å². The van der Waals surface area contributed by atoms with Gasteiger partial charge < -0.3 is 4.74 Å². The summed E-state index contributed by atoms with van der Waals surface area (Å²) in [6.45, 7) is 3.06. The summed E-state index contributed by atoms with van der Waals surface area (Å²) in [5.74, 6) is -0.101. The fourth-order valence-electron chi connectivity index (χ4n) is 0.371. The number of halogens is 4. The Bertz CT molecular complexity index is 110. The fraction of sp³-hybridized carbons (Fsp3) is 1.00. The molecule has 0 aromatic carbocycles. The summed E-state index contributed by atoms with van der Waals surface area (Å²) in [6, 6.07) is 0. The molecule has 0 aromatic heterocycles. The van der Waals surface area contributed by atoms with Crippen molar-refractivity contribution in [3.63, 3.8) is 0 Å². The lowest BCUT2D eigenvalue weighted by Gasteiger charge is -2.13. The van der Waals surface area contributed by atoms with Crippen molar-refractivity contribution in [1.29, 1.82) is 0 Å². The average molecular weight is 174 g/mol. The van der Waals surface area contributed by atoms with E-state index >= 15 is 0 Å². The largest absolute Gasteiger partial charge is 0.445 e. The first-order valence-corrected chi connectivity index (χ1v) is 3.16. The van der Waals surface area contributed by atoms with Crippen molar-refractivity contribution in [3.8, 4) is 0 Å². The molecule has 1 atom stereocenters. The molecule has 0 aliphatic rings. The van der Waals surface area contributed by atoms with Gasteiger partial charge in [-0.3, -0.25) is 0 Å². The summed E-state index contributed by atoms with van der Waals surface area (Å²) in [7, 11) is 0. The molecule has 0 bridgehead atoms. The summed E-state index contributed by atoms with van der Waals surface area (Å²) >= 11 is 0. The molecule has 0 saturated carbocycles. The second-order valence-corrected chi connectivity index (χ2v) is 2.58. The van der Waals surface area contributed by atoms with Crippen molar-refractivity contribution in [2.45, 2.75) is 26.4 Å². The van der Waals surface area contributed by atoms with E-state index in [1.54, 1.807) is 13.8 Å². The smallest absolute Gasteiger partial charge is 0.341 e. The molecule has 0 N–H and O–H groups in total. The summed E-state index contributed by atoms with van der Waals surface area (Å²) in [6.07, 6.45) is -8.04. The van der Waals surface area contributed by atoms with E-state index in [-0.39, 0.29) is 12.5 Å². The van der Waals surface area contributed by atoms with E-state index in [0.717, 1.165) is 0 Å². The molecule has 0 fully saturated rings. The Kier molecular flexibility index (Phi) is 3.78. The van der Waals surface area contributed by atoms with Crippen molar-refractivity contribution in [1.82, 2.24) is 0 Å². The number of ether oxygens (including phenoxy) is 1. The zero-order chi connectivity index (χ0) is 9.07. The Hall–Kier alpha value is -0.320. The third kappa shape index (κ3) is 5.01. The summed E-state index contributed by atoms with van der Waals surface area (Å²) in [5.41, 5.74) is 0. The molecule has 5 heteroatoms. The highest BCUT2D eigenvalue weighted by molar-refractivity contribution is 4.54. The first-order chi connectivity index (χ1) is 4.84. The van der Waals surface area contributed by atoms with Crippen LogP contribution in [0.25, 0.3) is 0 Å². The minimum atomic E-state index is -4.89. The molecule has 0 aliphatic heterocycles. The maximum Gasteiger partial charge on any atom is 0.445 e. The van der Waals surface area contributed by atoms with E-state index in [1.807, 2.05) is 0 Å². The third-order valence-electron chi connectivity index (χ3n) is 0.833. The topological polar surface area (TPSA) is 9.23 Å². The molecule has 11 heavy (non-hydrogen) atoms. The molecule has 0 amide bonds. The van der Waals surface area contributed by atoms with E-state index in [9.17, 15) is 17.6 Å². The Labute approximate surface area is 62.3 Å². The van der Waals surface area contributed by atoms with Crippen LogP contribution in [0, 0.1) is 5.92 Å². The van der Waals surface area contributed by atoms with Crippen LogP contribution in [0.1, 0.15) is 13.8 Å². The lowest BCUT2D eigenvalue weighted by molar-refractivity contribution is -0.266. The highest BCUT2D eigenvalue weighted by Crippen LogP contribution is 2.23. The van der Waals surface area contributed by atoms with Crippen molar-refractivity contribution in [2.75, 3.05) is 6.61 Å². The molecular formula is C6H10F4O. The third-order valence-corrected chi connectivity index (χ3v) is 0.833. The number of rotatable bonds is 3. The summed E-state index contributed by atoms with van der Waals surface area (Å²) in [5, 5.41) is 0. The molecule has 0 heterocycles. The fourth-order valence-corrected chi connectivity index (χ4v) is 0.371. The van der Waals surface area contributed by atoms with Gasteiger partial charge in [0.15, 0.2) is 0 Å². The lowest BCUT2D eigenvalue weighted by atomic mass is 10.2. The minimum absolute atomic E-state index is 0.101. The maximum absolute atomic E-state index is 11.9. The van der Waals surface area contributed by atoms with Crippen molar-refractivity contribution in [3.05, 3.63) is 0 Å².